The van der Waals surface area contributed by atoms with E-state index in [1.165, 1.54) is 12.2 Å². The van der Waals surface area contributed by atoms with E-state index in [1.54, 1.807) is 44.2 Å². The van der Waals surface area contributed by atoms with Crippen LogP contribution in [0.4, 0.5) is 5.69 Å². The van der Waals surface area contributed by atoms with Gasteiger partial charge in [-0.3, -0.25) is 25.2 Å². The lowest BCUT2D eigenvalue weighted by Gasteiger charge is -2.09. The van der Waals surface area contributed by atoms with Gasteiger partial charge in [0.2, 0.25) is 11.8 Å². The van der Waals surface area contributed by atoms with Gasteiger partial charge in [0.15, 0.2) is 0 Å². The average molecular weight is 390 g/mol. The summed E-state index contributed by atoms with van der Waals surface area (Å²) < 4.78 is 5.28. The van der Waals surface area contributed by atoms with Gasteiger partial charge in [0.05, 0.1) is 0 Å². The monoisotopic (exact) mass is 389 g/mol. The molecule has 0 fully saturated rings. The van der Waals surface area contributed by atoms with Crippen molar-refractivity contribution in [1.29, 1.82) is 0 Å². The maximum Gasteiger partial charge on any atom is 0.262 e. The lowest BCUT2D eigenvalue weighted by atomic mass is 10.2. The van der Waals surface area contributed by atoms with Crippen molar-refractivity contribution in [2.75, 3.05) is 5.32 Å². The number of amides is 3. The summed E-state index contributed by atoms with van der Waals surface area (Å²) in [6, 6.07) is 8.67. The van der Waals surface area contributed by atoms with Crippen molar-refractivity contribution in [3.8, 4) is 0 Å². The van der Waals surface area contributed by atoms with Gasteiger partial charge in [-0.05, 0) is 49.8 Å². The van der Waals surface area contributed by atoms with Crippen LogP contribution in [0.2, 0.25) is 5.02 Å². The van der Waals surface area contributed by atoms with Gasteiger partial charge in [-0.15, -0.1) is 0 Å². The van der Waals surface area contributed by atoms with E-state index in [1.807, 2.05) is 0 Å². The number of benzene rings is 1. The van der Waals surface area contributed by atoms with Crippen LogP contribution in [0.15, 0.2) is 40.8 Å². The zero-order valence-electron chi connectivity index (χ0n) is 15.0. The molecule has 0 bridgehead atoms. The molecule has 0 aliphatic heterocycles. The van der Waals surface area contributed by atoms with Crippen LogP contribution < -0.4 is 16.2 Å². The van der Waals surface area contributed by atoms with E-state index >= 15 is 0 Å². The van der Waals surface area contributed by atoms with E-state index in [4.69, 9.17) is 16.0 Å². The maximum absolute atomic E-state index is 11.9. The fourth-order valence-electron chi connectivity index (χ4n) is 2.12. The molecule has 0 atom stereocenters. The first kappa shape index (κ1) is 20.3. The Morgan fingerprint density at radius 3 is 2.48 bits per heavy atom. The van der Waals surface area contributed by atoms with E-state index in [2.05, 4.69) is 16.2 Å². The number of hydrogen-bond acceptors (Lipinski definition) is 4. The molecule has 1 aromatic heterocycles. The van der Waals surface area contributed by atoms with E-state index in [-0.39, 0.29) is 18.7 Å². The van der Waals surface area contributed by atoms with Gasteiger partial charge in [-0.2, -0.15) is 0 Å². The van der Waals surface area contributed by atoms with Crippen molar-refractivity contribution in [3.63, 3.8) is 0 Å². The third kappa shape index (κ3) is 6.63. The Bertz CT molecular complexity index is 874. The minimum Gasteiger partial charge on any atom is -0.462 e. The molecule has 8 heteroatoms. The molecule has 7 nitrogen and oxygen atoms in total. The molecule has 1 heterocycles. The maximum atomic E-state index is 11.9. The number of rotatable bonds is 6. The number of nitrogens with one attached hydrogen (secondary N) is 3. The second-order valence-electron chi connectivity index (χ2n) is 5.78. The predicted molar refractivity (Wildman–Crippen MR) is 103 cm³/mol. The third-order valence-corrected chi connectivity index (χ3v) is 4.02. The minimum atomic E-state index is -0.517. The molecule has 27 heavy (non-hydrogen) atoms. The largest absolute Gasteiger partial charge is 0.462 e. The molecular weight excluding hydrogens is 370 g/mol. The van der Waals surface area contributed by atoms with Crippen molar-refractivity contribution < 1.29 is 18.8 Å². The zero-order chi connectivity index (χ0) is 19.8. The quantitative estimate of drug-likeness (QED) is 0.522. The van der Waals surface area contributed by atoms with Crippen LogP contribution in [0, 0.1) is 13.8 Å². The average Bonchev–Trinajstić information content (AvgIpc) is 3.05. The molecule has 0 aliphatic carbocycles. The Morgan fingerprint density at radius 2 is 1.78 bits per heavy atom. The van der Waals surface area contributed by atoms with Gasteiger partial charge in [0, 0.05) is 29.6 Å². The van der Waals surface area contributed by atoms with E-state index in [0.717, 1.165) is 11.3 Å². The van der Waals surface area contributed by atoms with Crippen LogP contribution in [-0.4, -0.2) is 17.7 Å². The number of halogens is 1. The summed E-state index contributed by atoms with van der Waals surface area (Å²) in [6.45, 7) is 3.58. The van der Waals surface area contributed by atoms with Gasteiger partial charge in [-0.25, -0.2) is 0 Å². The Labute approximate surface area is 161 Å². The summed E-state index contributed by atoms with van der Waals surface area (Å²) in [5.74, 6) is -0.0635. The summed E-state index contributed by atoms with van der Waals surface area (Å²) >= 11 is 5.99. The van der Waals surface area contributed by atoms with Crippen molar-refractivity contribution in [2.24, 2.45) is 0 Å². The second-order valence-corrected chi connectivity index (χ2v) is 6.19. The van der Waals surface area contributed by atoms with E-state index in [0.29, 0.717) is 16.5 Å². The van der Waals surface area contributed by atoms with Crippen LogP contribution in [0.1, 0.15) is 29.9 Å². The molecule has 142 valence electrons. The molecule has 3 N–H and O–H groups in total. The van der Waals surface area contributed by atoms with Gasteiger partial charge in [0.25, 0.3) is 5.91 Å². The summed E-state index contributed by atoms with van der Waals surface area (Å²) in [6.07, 6.45) is 2.60. The smallest absolute Gasteiger partial charge is 0.262 e. The third-order valence-electron chi connectivity index (χ3n) is 3.61. The fourth-order valence-corrected chi connectivity index (χ4v) is 2.29. The molecule has 0 unspecified atom stereocenters. The summed E-state index contributed by atoms with van der Waals surface area (Å²) in [7, 11) is 0. The topological polar surface area (TPSA) is 100 Å². The summed E-state index contributed by atoms with van der Waals surface area (Å²) in [4.78, 5) is 35.3. The lowest BCUT2D eigenvalue weighted by Crippen LogP contribution is -2.41. The van der Waals surface area contributed by atoms with Crippen LogP contribution in [0.3, 0.4) is 0 Å². The number of hydrazine groups is 1. The summed E-state index contributed by atoms with van der Waals surface area (Å²) in [5.41, 5.74) is 5.82. The first-order valence-electron chi connectivity index (χ1n) is 8.23. The number of carbonyl (C=O) groups is 3. The molecule has 2 rings (SSSR count). The molecule has 0 aliphatic rings. The van der Waals surface area contributed by atoms with E-state index in [9.17, 15) is 14.4 Å². The normalized spacial score (nSPS) is 10.6. The highest BCUT2D eigenvalue weighted by Gasteiger charge is 2.10. The molecule has 0 saturated carbocycles. The second kappa shape index (κ2) is 9.59. The van der Waals surface area contributed by atoms with Crippen molar-refractivity contribution in [2.45, 2.75) is 26.7 Å². The minimum absolute atomic E-state index is 0.0326. The van der Waals surface area contributed by atoms with Gasteiger partial charge in [0.1, 0.15) is 11.5 Å². The highest BCUT2D eigenvalue weighted by Crippen LogP contribution is 2.23. The lowest BCUT2D eigenvalue weighted by molar-refractivity contribution is -0.128. The SMILES string of the molecule is Cc1ccc(C=CC(=O)NNC(=O)CCC(=O)Nc2cccc(Cl)c2C)o1. The highest BCUT2D eigenvalue weighted by atomic mass is 35.5. The van der Waals surface area contributed by atoms with Crippen molar-refractivity contribution >= 4 is 41.1 Å². The molecule has 0 spiro atoms. The van der Waals surface area contributed by atoms with Crippen LogP contribution in [0.5, 0.6) is 0 Å². The Kier molecular flexibility index (Phi) is 7.19. The first-order valence-corrected chi connectivity index (χ1v) is 8.61. The zero-order valence-corrected chi connectivity index (χ0v) is 15.7. The van der Waals surface area contributed by atoms with Gasteiger partial charge >= 0.3 is 0 Å². The Hall–Kier alpha value is -3.06. The Balaban J connectivity index is 1.71. The number of aryl methyl sites for hydroxylation is 1. The van der Waals surface area contributed by atoms with Crippen LogP contribution in [-0.2, 0) is 14.4 Å². The number of anilines is 1. The van der Waals surface area contributed by atoms with Crippen molar-refractivity contribution in [3.05, 3.63) is 58.5 Å². The molecule has 0 radical (unpaired) electrons. The van der Waals surface area contributed by atoms with Crippen LogP contribution >= 0.6 is 11.6 Å². The summed E-state index contributed by atoms with van der Waals surface area (Å²) in [5, 5.41) is 3.25. The van der Waals surface area contributed by atoms with Gasteiger partial charge in [-0.1, -0.05) is 17.7 Å². The number of furan rings is 1. The molecule has 2 aromatic rings. The number of hydrogen-bond donors (Lipinski definition) is 3. The molecule has 0 saturated heterocycles. The predicted octanol–water partition coefficient (Wildman–Crippen LogP) is 3.13. The standard InChI is InChI=1S/C19H20ClN3O4/c1-12-6-7-14(27-12)8-9-18(25)22-23-19(26)11-10-17(24)21-16-5-3-4-15(20)13(16)2/h3-9H,10-11H2,1-2H3,(H,21,24)(H,22,25)(H,23,26). The number of carbonyl (C=O) groups excluding carboxylic acids is 3. The molecule has 1 aromatic carbocycles. The molecular formula is C19H20ClN3O4. The highest BCUT2D eigenvalue weighted by molar-refractivity contribution is 6.31. The van der Waals surface area contributed by atoms with Crippen LogP contribution in [0.25, 0.3) is 6.08 Å². The fraction of sp³-hybridized carbons (Fsp3) is 0.211. The molecule has 3 amide bonds. The first-order chi connectivity index (χ1) is 12.8. The van der Waals surface area contributed by atoms with Gasteiger partial charge < -0.3 is 9.73 Å². The van der Waals surface area contributed by atoms with Crippen molar-refractivity contribution in [1.82, 2.24) is 10.9 Å². The Morgan fingerprint density at radius 1 is 1.04 bits per heavy atom. The van der Waals surface area contributed by atoms with E-state index < -0.39 is 11.8 Å².